The van der Waals surface area contributed by atoms with E-state index < -0.39 is 12.6 Å². The molecular formula is C18H26N2O3. The van der Waals surface area contributed by atoms with Gasteiger partial charge >= 0.3 is 0 Å². The van der Waals surface area contributed by atoms with Gasteiger partial charge in [0.25, 0.3) is 5.91 Å². The molecule has 0 bridgehead atoms. The fraction of sp³-hybridized carbons (Fsp3) is 0.556. The smallest absolute Gasteiger partial charge is 0.251 e. The van der Waals surface area contributed by atoms with Gasteiger partial charge in [-0.3, -0.25) is 9.59 Å². The molecule has 1 fully saturated rings. The molecule has 2 rings (SSSR count). The van der Waals surface area contributed by atoms with Crippen LogP contribution in [0.5, 0.6) is 0 Å². The van der Waals surface area contributed by atoms with E-state index in [1.807, 2.05) is 6.07 Å². The summed E-state index contributed by atoms with van der Waals surface area (Å²) in [6, 6.07) is 7.93. The molecule has 1 saturated carbocycles. The first-order valence-corrected chi connectivity index (χ1v) is 8.48. The monoisotopic (exact) mass is 318 g/mol. The van der Waals surface area contributed by atoms with E-state index in [9.17, 15) is 14.7 Å². The SMILES string of the molecule is O=C(N[C@@H](CO)C(=O)NC1CCCCCCC1)c1ccccc1. The van der Waals surface area contributed by atoms with Gasteiger partial charge in [0.05, 0.1) is 6.61 Å². The molecule has 0 spiro atoms. The van der Waals surface area contributed by atoms with Crippen molar-refractivity contribution < 1.29 is 14.7 Å². The highest BCUT2D eigenvalue weighted by atomic mass is 16.3. The van der Waals surface area contributed by atoms with Gasteiger partial charge in [-0.15, -0.1) is 0 Å². The number of hydrogen-bond donors (Lipinski definition) is 3. The second-order valence-electron chi connectivity index (χ2n) is 6.13. The van der Waals surface area contributed by atoms with Gasteiger partial charge < -0.3 is 15.7 Å². The standard InChI is InChI=1S/C18H26N2O3/c21-13-16(20-17(22)14-9-5-4-6-10-14)18(23)19-15-11-7-2-1-3-8-12-15/h4-6,9-10,15-16,21H,1-3,7-8,11-13H2,(H,19,23)(H,20,22)/t16-/m0/s1. The highest BCUT2D eigenvalue weighted by molar-refractivity contribution is 5.97. The van der Waals surface area contributed by atoms with Crippen LogP contribution in [0.25, 0.3) is 0 Å². The summed E-state index contributed by atoms with van der Waals surface area (Å²) in [5.74, 6) is -0.653. The van der Waals surface area contributed by atoms with Crippen molar-refractivity contribution in [2.24, 2.45) is 0 Å². The Balaban J connectivity index is 1.88. The lowest BCUT2D eigenvalue weighted by Crippen LogP contribution is -2.51. The molecule has 0 heterocycles. The fourth-order valence-corrected chi connectivity index (χ4v) is 2.93. The van der Waals surface area contributed by atoms with Crippen LogP contribution in [0.1, 0.15) is 55.3 Å². The maximum Gasteiger partial charge on any atom is 0.251 e. The van der Waals surface area contributed by atoms with E-state index in [2.05, 4.69) is 10.6 Å². The summed E-state index contributed by atoms with van der Waals surface area (Å²) >= 11 is 0. The van der Waals surface area contributed by atoms with Crippen molar-refractivity contribution in [1.82, 2.24) is 10.6 Å². The van der Waals surface area contributed by atoms with Crippen LogP contribution >= 0.6 is 0 Å². The Morgan fingerprint density at radius 3 is 2.26 bits per heavy atom. The zero-order valence-corrected chi connectivity index (χ0v) is 13.5. The van der Waals surface area contributed by atoms with Gasteiger partial charge in [-0.1, -0.05) is 50.3 Å². The van der Waals surface area contributed by atoms with Crippen LogP contribution < -0.4 is 10.6 Å². The Morgan fingerprint density at radius 1 is 1.04 bits per heavy atom. The number of rotatable bonds is 5. The fourth-order valence-electron chi connectivity index (χ4n) is 2.93. The van der Waals surface area contributed by atoms with Crippen LogP contribution in [0.2, 0.25) is 0 Å². The maximum absolute atomic E-state index is 12.3. The highest BCUT2D eigenvalue weighted by Gasteiger charge is 2.23. The Morgan fingerprint density at radius 2 is 1.65 bits per heavy atom. The van der Waals surface area contributed by atoms with Crippen molar-refractivity contribution in [2.75, 3.05) is 6.61 Å². The van der Waals surface area contributed by atoms with Crippen LogP contribution in [-0.4, -0.2) is 35.6 Å². The second kappa shape index (κ2) is 9.30. The number of carbonyl (C=O) groups excluding carboxylic acids is 2. The molecule has 0 saturated heterocycles. The molecule has 23 heavy (non-hydrogen) atoms. The molecule has 0 aliphatic heterocycles. The second-order valence-corrected chi connectivity index (χ2v) is 6.13. The van der Waals surface area contributed by atoms with Crippen molar-refractivity contribution >= 4 is 11.8 Å². The number of benzene rings is 1. The normalized spacial score (nSPS) is 17.6. The number of amides is 2. The number of hydrogen-bond acceptors (Lipinski definition) is 3. The van der Waals surface area contributed by atoms with Crippen LogP contribution in [-0.2, 0) is 4.79 Å². The number of carbonyl (C=O) groups is 2. The molecule has 3 N–H and O–H groups in total. The first-order chi connectivity index (χ1) is 11.2. The van der Waals surface area contributed by atoms with Gasteiger partial charge in [0, 0.05) is 11.6 Å². The van der Waals surface area contributed by atoms with Crippen LogP contribution in [0.3, 0.4) is 0 Å². The summed E-state index contributed by atoms with van der Waals surface area (Å²) in [6.07, 6.45) is 7.86. The quantitative estimate of drug-likeness (QED) is 0.777. The predicted molar refractivity (Wildman–Crippen MR) is 89.0 cm³/mol. The summed E-state index contributed by atoms with van der Waals surface area (Å²) in [4.78, 5) is 24.4. The van der Waals surface area contributed by atoms with Gasteiger partial charge in [0.2, 0.25) is 5.91 Å². The van der Waals surface area contributed by atoms with E-state index in [1.165, 1.54) is 19.3 Å². The molecule has 1 aliphatic rings. The summed E-state index contributed by atoms with van der Waals surface area (Å²) < 4.78 is 0. The average Bonchev–Trinajstić information content (AvgIpc) is 2.55. The molecule has 0 unspecified atom stereocenters. The van der Waals surface area contributed by atoms with Crippen LogP contribution in [0.15, 0.2) is 30.3 Å². The van der Waals surface area contributed by atoms with E-state index in [-0.39, 0.29) is 17.9 Å². The van der Waals surface area contributed by atoms with Crippen molar-refractivity contribution in [3.8, 4) is 0 Å². The van der Waals surface area contributed by atoms with Gasteiger partial charge in [0.1, 0.15) is 6.04 Å². The Hall–Kier alpha value is -1.88. The Bertz CT molecular complexity index is 496. The minimum Gasteiger partial charge on any atom is -0.394 e. The first-order valence-electron chi connectivity index (χ1n) is 8.48. The molecule has 1 aromatic carbocycles. The number of aliphatic hydroxyl groups excluding tert-OH is 1. The molecule has 1 aliphatic carbocycles. The third kappa shape index (κ3) is 5.67. The van der Waals surface area contributed by atoms with Crippen molar-refractivity contribution in [2.45, 2.75) is 57.0 Å². The number of nitrogens with one attached hydrogen (secondary N) is 2. The average molecular weight is 318 g/mol. The van der Waals surface area contributed by atoms with Gasteiger partial charge in [-0.05, 0) is 25.0 Å². The minimum absolute atomic E-state index is 0.144. The molecule has 5 heteroatoms. The van der Waals surface area contributed by atoms with Crippen LogP contribution in [0, 0.1) is 0 Å². The zero-order chi connectivity index (χ0) is 16.5. The van der Waals surface area contributed by atoms with Crippen molar-refractivity contribution in [3.63, 3.8) is 0 Å². The van der Waals surface area contributed by atoms with E-state index >= 15 is 0 Å². The zero-order valence-electron chi connectivity index (χ0n) is 13.5. The highest BCUT2D eigenvalue weighted by Crippen LogP contribution is 2.17. The Labute approximate surface area is 137 Å². The lowest BCUT2D eigenvalue weighted by molar-refractivity contribution is -0.124. The van der Waals surface area contributed by atoms with Gasteiger partial charge in [0.15, 0.2) is 0 Å². The maximum atomic E-state index is 12.3. The number of aliphatic hydroxyl groups is 1. The molecule has 0 radical (unpaired) electrons. The lowest BCUT2D eigenvalue weighted by Gasteiger charge is -2.24. The van der Waals surface area contributed by atoms with Gasteiger partial charge in [-0.25, -0.2) is 0 Å². The summed E-state index contributed by atoms with van der Waals surface area (Å²) in [6.45, 7) is -0.406. The molecule has 0 aromatic heterocycles. The predicted octanol–water partition coefficient (Wildman–Crippen LogP) is 2.01. The van der Waals surface area contributed by atoms with E-state index in [0.717, 1.165) is 25.7 Å². The van der Waals surface area contributed by atoms with E-state index in [0.29, 0.717) is 5.56 Å². The first kappa shape index (κ1) is 17.5. The van der Waals surface area contributed by atoms with Crippen LogP contribution in [0.4, 0.5) is 0 Å². The molecule has 126 valence electrons. The summed E-state index contributed by atoms with van der Waals surface area (Å²) in [7, 11) is 0. The minimum atomic E-state index is -0.909. The third-order valence-electron chi connectivity index (χ3n) is 4.29. The van der Waals surface area contributed by atoms with Crippen molar-refractivity contribution in [3.05, 3.63) is 35.9 Å². The Kier molecular flexibility index (Phi) is 7.07. The molecule has 1 atom stereocenters. The largest absolute Gasteiger partial charge is 0.394 e. The molecule has 5 nitrogen and oxygen atoms in total. The molecule has 2 amide bonds. The third-order valence-corrected chi connectivity index (χ3v) is 4.29. The van der Waals surface area contributed by atoms with E-state index in [1.54, 1.807) is 24.3 Å². The van der Waals surface area contributed by atoms with Crippen molar-refractivity contribution in [1.29, 1.82) is 0 Å². The topological polar surface area (TPSA) is 78.4 Å². The lowest BCUT2D eigenvalue weighted by atomic mass is 9.96. The summed E-state index contributed by atoms with van der Waals surface area (Å²) in [5, 5.41) is 15.0. The molecule has 1 aromatic rings. The summed E-state index contributed by atoms with van der Waals surface area (Å²) in [5.41, 5.74) is 0.477. The molecular weight excluding hydrogens is 292 g/mol. The van der Waals surface area contributed by atoms with E-state index in [4.69, 9.17) is 0 Å². The van der Waals surface area contributed by atoms with Gasteiger partial charge in [-0.2, -0.15) is 0 Å².